The summed E-state index contributed by atoms with van der Waals surface area (Å²) in [6, 6.07) is 0. The van der Waals surface area contributed by atoms with E-state index in [1.54, 1.807) is 0 Å². The Kier molecular flexibility index (Phi) is 2.47. The average molecular weight is 214 g/mol. The van der Waals surface area contributed by atoms with Crippen molar-refractivity contribution in [3.05, 3.63) is 0 Å². The predicted molar refractivity (Wildman–Crippen MR) is 50.2 cm³/mol. The van der Waals surface area contributed by atoms with Gasteiger partial charge in [-0.3, -0.25) is 9.59 Å². The van der Waals surface area contributed by atoms with E-state index in [2.05, 4.69) is 0 Å². The first kappa shape index (κ1) is 11.8. The second kappa shape index (κ2) is 3.13. The van der Waals surface area contributed by atoms with Gasteiger partial charge in [0.25, 0.3) is 0 Å². The molecule has 1 fully saturated rings. The van der Waals surface area contributed by atoms with Gasteiger partial charge in [0.05, 0.1) is 5.92 Å². The highest BCUT2D eigenvalue weighted by Gasteiger charge is 2.57. The van der Waals surface area contributed by atoms with Gasteiger partial charge in [0.15, 0.2) is 5.78 Å². The summed E-state index contributed by atoms with van der Waals surface area (Å²) in [6.07, 6.45) is -0.364. The van der Waals surface area contributed by atoms with Crippen molar-refractivity contribution in [2.75, 3.05) is 0 Å². The van der Waals surface area contributed by atoms with Crippen LogP contribution in [0.2, 0.25) is 0 Å². The molecule has 5 nitrogen and oxygen atoms in total. The summed E-state index contributed by atoms with van der Waals surface area (Å²) >= 11 is 0. The van der Waals surface area contributed by atoms with Crippen LogP contribution in [0.25, 0.3) is 0 Å². The molecule has 15 heavy (non-hydrogen) atoms. The first-order valence-electron chi connectivity index (χ1n) is 4.67. The van der Waals surface area contributed by atoms with Crippen molar-refractivity contribution in [3.63, 3.8) is 0 Å². The molecule has 1 aliphatic rings. The van der Waals surface area contributed by atoms with Crippen molar-refractivity contribution in [1.29, 1.82) is 0 Å². The summed E-state index contributed by atoms with van der Waals surface area (Å²) in [7, 11) is 0. The minimum absolute atomic E-state index is 0.321. The molecule has 0 bridgehead atoms. The molecule has 0 aromatic carbocycles. The van der Waals surface area contributed by atoms with E-state index < -0.39 is 28.7 Å². The third-order valence-electron chi connectivity index (χ3n) is 2.91. The van der Waals surface area contributed by atoms with Gasteiger partial charge in [0, 0.05) is 11.8 Å². The lowest BCUT2D eigenvalue weighted by Crippen LogP contribution is -2.59. The van der Waals surface area contributed by atoms with Gasteiger partial charge in [-0.1, -0.05) is 13.8 Å². The van der Waals surface area contributed by atoms with E-state index in [4.69, 9.17) is 5.11 Å². The number of carbonyl (C=O) groups excluding carboxylic acids is 2. The number of carbonyl (C=O) groups is 3. The smallest absolute Gasteiger partial charge is 0.343 e. The van der Waals surface area contributed by atoms with Crippen molar-refractivity contribution in [1.82, 2.24) is 0 Å². The number of Topliss-reactive ketones (excluding diaryl/α,β-unsaturated/α-hetero) is 2. The summed E-state index contributed by atoms with van der Waals surface area (Å²) in [5, 5.41) is 18.6. The van der Waals surface area contributed by atoms with Crippen molar-refractivity contribution in [3.8, 4) is 0 Å². The van der Waals surface area contributed by atoms with Crippen LogP contribution in [0, 0.1) is 11.3 Å². The molecule has 0 aromatic heterocycles. The van der Waals surface area contributed by atoms with Crippen LogP contribution >= 0.6 is 0 Å². The van der Waals surface area contributed by atoms with Crippen LogP contribution in [0.1, 0.15) is 27.2 Å². The lowest BCUT2D eigenvalue weighted by Gasteiger charge is -2.39. The van der Waals surface area contributed by atoms with Crippen LogP contribution in [0.4, 0.5) is 0 Å². The fraction of sp³-hybridized carbons (Fsp3) is 0.700. The van der Waals surface area contributed by atoms with E-state index in [0.29, 0.717) is 0 Å². The van der Waals surface area contributed by atoms with Gasteiger partial charge in [-0.15, -0.1) is 0 Å². The highest BCUT2D eigenvalue weighted by atomic mass is 16.4. The molecule has 5 heteroatoms. The Bertz CT molecular complexity index is 344. The Hall–Kier alpha value is -1.23. The fourth-order valence-electron chi connectivity index (χ4n) is 2.06. The Labute approximate surface area is 87.1 Å². The van der Waals surface area contributed by atoms with Gasteiger partial charge in [0.1, 0.15) is 5.78 Å². The second-order valence-electron chi connectivity index (χ2n) is 4.68. The number of carboxylic acid groups (broad SMARTS) is 1. The highest BCUT2D eigenvalue weighted by molar-refractivity contribution is 6.18. The zero-order valence-electron chi connectivity index (χ0n) is 8.90. The number of carboxylic acids is 1. The van der Waals surface area contributed by atoms with Crippen LogP contribution in [0.5, 0.6) is 0 Å². The van der Waals surface area contributed by atoms with E-state index in [0.717, 1.165) is 0 Å². The average Bonchev–Trinajstić information content (AvgIpc) is 2.11. The number of rotatable bonds is 1. The van der Waals surface area contributed by atoms with E-state index >= 15 is 0 Å². The van der Waals surface area contributed by atoms with Crippen LogP contribution in [0.15, 0.2) is 0 Å². The Balaban J connectivity index is 3.21. The highest BCUT2D eigenvalue weighted by Crippen LogP contribution is 2.39. The standard InChI is InChI=1S/C10H14O5/c1-5-6(11)9(2,3)4-10(15,7(5)12)8(13)14/h5,15H,4H2,1-3H3,(H,13,14). The molecule has 0 aliphatic heterocycles. The molecular weight excluding hydrogens is 200 g/mol. The molecular formula is C10H14O5. The Morgan fingerprint density at radius 3 is 2.20 bits per heavy atom. The molecule has 2 atom stereocenters. The second-order valence-corrected chi connectivity index (χ2v) is 4.68. The summed E-state index contributed by atoms with van der Waals surface area (Å²) in [5.41, 5.74) is -3.41. The topological polar surface area (TPSA) is 91.7 Å². The van der Waals surface area contributed by atoms with E-state index in [-0.39, 0.29) is 12.2 Å². The quantitative estimate of drug-likeness (QED) is 0.600. The van der Waals surface area contributed by atoms with E-state index in [1.165, 1.54) is 20.8 Å². The van der Waals surface area contributed by atoms with E-state index in [1.807, 2.05) is 0 Å². The van der Waals surface area contributed by atoms with Crippen molar-refractivity contribution in [2.24, 2.45) is 11.3 Å². The van der Waals surface area contributed by atoms with Crippen LogP contribution in [-0.4, -0.2) is 33.3 Å². The summed E-state index contributed by atoms with van der Waals surface area (Å²) in [4.78, 5) is 34.0. The molecule has 0 saturated heterocycles. The van der Waals surface area contributed by atoms with Gasteiger partial charge in [-0.2, -0.15) is 0 Å². The fourth-order valence-corrected chi connectivity index (χ4v) is 2.06. The zero-order chi connectivity index (χ0) is 12.0. The monoisotopic (exact) mass is 214 g/mol. The Morgan fingerprint density at radius 1 is 1.33 bits per heavy atom. The lowest BCUT2D eigenvalue weighted by molar-refractivity contribution is -0.177. The number of aliphatic hydroxyl groups is 1. The molecule has 0 aromatic rings. The number of aliphatic carboxylic acids is 1. The first-order valence-corrected chi connectivity index (χ1v) is 4.67. The summed E-state index contributed by atoms with van der Waals surface area (Å²) < 4.78 is 0. The molecule has 0 amide bonds. The zero-order valence-corrected chi connectivity index (χ0v) is 8.90. The van der Waals surface area contributed by atoms with Crippen LogP contribution in [0.3, 0.4) is 0 Å². The van der Waals surface area contributed by atoms with Gasteiger partial charge in [-0.05, 0) is 6.92 Å². The van der Waals surface area contributed by atoms with Gasteiger partial charge < -0.3 is 10.2 Å². The predicted octanol–water partition coefficient (Wildman–Crippen LogP) is 0.00630. The largest absolute Gasteiger partial charge is 0.479 e. The molecule has 1 aliphatic carbocycles. The van der Waals surface area contributed by atoms with Gasteiger partial charge in [0.2, 0.25) is 5.60 Å². The summed E-state index contributed by atoms with van der Waals surface area (Å²) in [5.74, 6) is -3.88. The van der Waals surface area contributed by atoms with Crippen molar-refractivity contribution >= 4 is 17.5 Å². The lowest BCUT2D eigenvalue weighted by atomic mass is 9.64. The van der Waals surface area contributed by atoms with Gasteiger partial charge in [-0.25, -0.2) is 4.79 Å². The van der Waals surface area contributed by atoms with Crippen LogP contribution in [-0.2, 0) is 14.4 Å². The molecule has 0 spiro atoms. The maximum absolute atomic E-state index is 11.6. The molecule has 1 saturated carbocycles. The normalized spacial score (nSPS) is 35.3. The molecule has 0 heterocycles. The third kappa shape index (κ3) is 1.56. The Morgan fingerprint density at radius 2 is 1.80 bits per heavy atom. The van der Waals surface area contributed by atoms with Crippen molar-refractivity contribution < 1.29 is 24.6 Å². The maximum atomic E-state index is 11.6. The minimum atomic E-state index is -2.42. The van der Waals surface area contributed by atoms with E-state index in [9.17, 15) is 19.5 Å². The number of hydrogen-bond acceptors (Lipinski definition) is 4. The summed E-state index contributed by atoms with van der Waals surface area (Å²) in [6.45, 7) is 4.40. The third-order valence-corrected chi connectivity index (χ3v) is 2.91. The molecule has 1 rings (SSSR count). The molecule has 2 unspecified atom stereocenters. The molecule has 0 radical (unpaired) electrons. The van der Waals surface area contributed by atoms with Crippen molar-refractivity contribution in [2.45, 2.75) is 32.8 Å². The van der Waals surface area contributed by atoms with Gasteiger partial charge >= 0.3 is 5.97 Å². The molecule has 84 valence electrons. The van der Waals surface area contributed by atoms with Crippen LogP contribution < -0.4 is 0 Å². The number of ketones is 2. The SMILES string of the molecule is CC1C(=O)C(C)(C)CC(O)(C(=O)O)C1=O. The molecule has 2 N–H and O–H groups in total. The number of hydrogen-bond donors (Lipinski definition) is 2. The minimum Gasteiger partial charge on any atom is -0.479 e. The maximum Gasteiger partial charge on any atom is 0.343 e. The first-order chi connectivity index (χ1) is 6.63.